The second kappa shape index (κ2) is 4.62. The molecule has 0 aromatic carbocycles. The molecule has 4 rings (SSSR count). The zero-order chi connectivity index (χ0) is 18.4. The van der Waals surface area contributed by atoms with Crippen LogP contribution < -0.4 is 0 Å². The lowest BCUT2D eigenvalue weighted by Crippen LogP contribution is -2.49. The fraction of sp³-hybridized carbons (Fsp3) is 0.579. The zero-order valence-corrected chi connectivity index (χ0v) is 14.8. The van der Waals surface area contributed by atoms with Gasteiger partial charge in [0.05, 0.1) is 6.10 Å². The summed E-state index contributed by atoms with van der Waals surface area (Å²) in [5, 5.41) is 11.2. The predicted molar refractivity (Wildman–Crippen MR) is 87.1 cm³/mol. The van der Waals surface area contributed by atoms with Crippen LogP contribution in [-0.4, -0.2) is 40.5 Å². The van der Waals surface area contributed by atoms with E-state index in [4.69, 9.17) is 14.2 Å². The SMILES string of the molecule is C=C(C)[C@@]1(O)O[C@H]2C[C@@]3(C)OC(=CC3=O)/C(C)=C\C3OC(=O)[C@@]1(C)[C@@H]32. The van der Waals surface area contributed by atoms with E-state index in [2.05, 4.69) is 6.58 Å². The molecule has 2 fully saturated rings. The maximum absolute atomic E-state index is 12.7. The summed E-state index contributed by atoms with van der Waals surface area (Å²) in [6, 6.07) is 0. The number of hydrogen-bond donors (Lipinski definition) is 1. The number of allylic oxidation sites excluding steroid dienone is 1. The Balaban J connectivity index is 1.90. The monoisotopic (exact) mass is 346 g/mol. The first kappa shape index (κ1) is 16.5. The van der Waals surface area contributed by atoms with Crippen molar-refractivity contribution in [1.29, 1.82) is 0 Å². The third-order valence-electron chi connectivity index (χ3n) is 6.20. The van der Waals surface area contributed by atoms with Crippen molar-refractivity contribution in [1.82, 2.24) is 0 Å². The van der Waals surface area contributed by atoms with E-state index in [1.807, 2.05) is 6.92 Å². The standard InChI is InChI=1S/C19H22O6/c1-9(2)19(22)18(5)15-12(23-16(18)21)6-10(3)11-7-14(20)17(4,24-11)8-13(15)25-19/h6-7,12-13,15,22H,1,8H2,2-5H3/b10-6-/t12?,13-,15-,17+,18+,19+/m0/s1. The van der Waals surface area contributed by atoms with E-state index in [1.165, 1.54) is 6.08 Å². The largest absolute Gasteiger partial charge is 0.479 e. The van der Waals surface area contributed by atoms with Crippen molar-refractivity contribution >= 4 is 11.8 Å². The van der Waals surface area contributed by atoms with E-state index in [0.717, 1.165) is 5.57 Å². The van der Waals surface area contributed by atoms with Crippen LogP contribution in [0, 0.1) is 11.3 Å². The Morgan fingerprint density at radius 2 is 2.04 bits per heavy atom. The van der Waals surface area contributed by atoms with Crippen molar-refractivity contribution in [2.24, 2.45) is 11.3 Å². The Morgan fingerprint density at radius 1 is 1.36 bits per heavy atom. The summed E-state index contributed by atoms with van der Waals surface area (Å²) in [6.07, 6.45) is 2.33. The summed E-state index contributed by atoms with van der Waals surface area (Å²) in [5.74, 6) is -2.45. The Kier molecular flexibility index (Phi) is 3.06. The minimum absolute atomic E-state index is 0.144. The van der Waals surface area contributed by atoms with Crippen LogP contribution in [0.15, 0.2) is 35.6 Å². The molecule has 4 aliphatic rings. The molecule has 0 aliphatic carbocycles. The molecule has 6 heteroatoms. The topological polar surface area (TPSA) is 82.1 Å². The van der Waals surface area contributed by atoms with Gasteiger partial charge in [0.15, 0.2) is 5.60 Å². The molecule has 0 aromatic rings. The molecule has 6 atom stereocenters. The Labute approximate surface area is 146 Å². The second-order valence-corrected chi connectivity index (χ2v) is 7.94. The molecule has 1 unspecified atom stereocenters. The molecule has 1 N–H and O–H groups in total. The van der Waals surface area contributed by atoms with Crippen LogP contribution in [0.3, 0.4) is 0 Å². The highest BCUT2D eigenvalue weighted by molar-refractivity contribution is 6.00. The molecule has 0 amide bonds. The minimum atomic E-state index is -1.84. The molecule has 0 spiro atoms. The van der Waals surface area contributed by atoms with Crippen LogP contribution in [0.2, 0.25) is 0 Å². The molecule has 0 radical (unpaired) electrons. The normalized spacial score (nSPS) is 49.9. The van der Waals surface area contributed by atoms with Crippen molar-refractivity contribution in [3.05, 3.63) is 35.6 Å². The fourth-order valence-corrected chi connectivity index (χ4v) is 4.64. The lowest BCUT2D eigenvalue weighted by atomic mass is 9.67. The van der Waals surface area contributed by atoms with E-state index in [1.54, 1.807) is 26.8 Å². The number of carbonyl (C=O) groups excluding carboxylic acids is 2. The molecule has 0 saturated carbocycles. The van der Waals surface area contributed by atoms with Crippen LogP contribution in [0.5, 0.6) is 0 Å². The molecule has 4 heterocycles. The van der Waals surface area contributed by atoms with Gasteiger partial charge in [0.25, 0.3) is 0 Å². The van der Waals surface area contributed by atoms with E-state index in [0.29, 0.717) is 11.3 Å². The summed E-state index contributed by atoms with van der Waals surface area (Å²) >= 11 is 0. The summed E-state index contributed by atoms with van der Waals surface area (Å²) in [4.78, 5) is 25.2. The van der Waals surface area contributed by atoms with Gasteiger partial charge in [0.1, 0.15) is 17.3 Å². The minimum Gasteiger partial charge on any atom is -0.479 e. The maximum Gasteiger partial charge on any atom is 0.318 e. The first-order chi connectivity index (χ1) is 11.5. The molecular weight excluding hydrogens is 324 g/mol. The summed E-state index contributed by atoms with van der Waals surface area (Å²) in [6.45, 7) is 10.6. The van der Waals surface area contributed by atoms with Gasteiger partial charge in [-0.2, -0.15) is 0 Å². The number of carbonyl (C=O) groups is 2. The molecule has 134 valence electrons. The highest BCUT2D eigenvalue weighted by atomic mass is 16.7. The van der Waals surface area contributed by atoms with Gasteiger partial charge in [-0.3, -0.25) is 9.59 Å². The molecule has 2 bridgehead atoms. The van der Waals surface area contributed by atoms with Crippen molar-refractivity contribution in [2.45, 2.75) is 57.7 Å². The van der Waals surface area contributed by atoms with Gasteiger partial charge in [-0.25, -0.2) is 0 Å². The van der Waals surface area contributed by atoms with Gasteiger partial charge < -0.3 is 19.3 Å². The Bertz CT molecular complexity index is 779. The number of rotatable bonds is 1. The van der Waals surface area contributed by atoms with Crippen molar-refractivity contribution < 1.29 is 28.9 Å². The van der Waals surface area contributed by atoms with E-state index in [-0.39, 0.29) is 12.2 Å². The lowest BCUT2D eigenvalue weighted by molar-refractivity contribution is -0.219. The molecule has 6 nitrogen and oxygen atoms in total. The van der Waals surface area contributed by atoms with Crippen molar-refractivity contribution in [3.8, 4) is 0 Å². The molecule has 25 heavy (non-hydrogen) atoms. The third kappa shape index (κ3) is 1.81. The smallest absolute Gasteiger partial charge is 0.318 e. The zero-order valence-electron chi connectivity index (χ0n) is 14.8. The quantitative estimate of drug-likeness (QED) is 0.576. The molecule has 4 aliphatic heterocycles. The first-order valence-electron chi connectivity index (χ1n) is 8.44. The average Bonchev–Trinajstić information content (AvgIpc) is 3.03. The van der Waals surface area contributed by atoms with Gasteiger partial charge in [-0.1, -0.05) is 6.58 Å². The fourth-order valence-electron chi connectivity index (χ4n) is 4.64. The van der Waals surface area contributed by atoms with Crippen molar-refractivity contribution in [2.75, 3.05) is 0 Å². The van der Waals surface area contributed by atoms with E-state index in [9.17, 15) is 14.7 Å². The third-order valence-corrected chi connectivity index (χ3v) is 6.20. The van der Waals surface area contributed by atoms with Crippen LogP contribution in [-0.2, 0) is 23.8 Å². The number of esters is 1. The summed E-state index contributed by atoms with van der Waals surface area (Å²) in [7, 11) is 0. The van der Waals surface area contributed by atoms with Crippen LogP contribution in [0.4, 0.5) is 0 Å². The van der Waals surface area contributed by atoms with Crippen LogP contribution in [0.1, 0.15) is 34.1 Å². The number of aliphatic hydroxyl groups is 1. The highest BCUT2D eigenvalue weighted by Crippen LogP contribution is 2.60. The van der Waals surface area contributed by atoms with Gasteiger partial charge >= 0.3 is 5.97 Å². The van der Waals surface area contributed by atoms with Gasteiger partial charge in [0, 0.05) is 18.4 Å². The average molecular weight is 346 g/mol. The molecule has 2 saturated heterocycles. The predicted octanol–water partition coefficient (Wildman–Crippen LogP) is 1.79. The molecular formula is C19H22O6. The Morgan fingerprint density at radius 3 is 2.68 bits per heavy atom. The summed E-state index contributed by atoms with van der Waals surface area (Å²) < 4.78 is 17.5. The number of hydrogen-bond acceptors (Lipinski definition) is 6. The second-order valence-electron chi connectivity index (χ2n) is 7.94. The maximum atomic E-state index is 12.7. The van der Waals surface area contributed by atoms with Gasteiger partial charge in [0.2, 0.25) is 11.6 Å². The van der Waals surface area contributed by atoms with Crippen LogP contribution >= 0.6 is 0 Å². The first-order valence-corrected chi connectivity index (χ1v) is 8.44. The van der Waals surface area contributed by atoms with Gasteiger partial charge in [-0.05, 0) is 44.9 Å². The van der Waals surface area contributed by atoms with Crippen LogP contribution in [0.25, 0.3) is 0 Å². The number of ketones is 1. The molecule has 0 aromatic heterocycles. The van der Waals surface area contributed by atoms with E-state index >= 15 is 0 Å². The van der Waals surface area contributed by atoms with E-state index < -0.39 is 40.9 Å². The summed E-state index contributed by atoms with van der Waals surface area (Å²) in [5.41, 5.74) is -1.31. The van der Waals surface area contributed by atoms with Crippen molar-refractivity contribution in [3.63, 3.8) is 0 Å². The number of ether oxygens (including phenoxy) is 3. The highest BCUT2D eigenvalue weighted by Gasteiger charge is 2.74. The number of fused-ring (bicyclic) bond motifs is 2. The Hall–Kier alpha value is -1.92. The lowest BCUT2D eigenvalue weighted by Gasteiger charge is -2.34. The van der Waals surface area contributed by atoms with Gasteiger partial charge in [-0.15, -0.1) is 0 Å².